The highest BCUT2D eigenvalue weighted by atomic mass is 16.5. The molecule has 0 aliphatic heterocycles. The Morgan fingerprint density at radius 2 is 2.38 bits per heavy atom. The summed E-state index contributed by atoms with van der Waals surface area (Å²) in [6, 6.07) is 0. The van der Waals surface area contributed by atoms with Crippen LogP contribution >= 0.6 is 0 Å². The first-order valence-corrected chi connectivity index (χ1v) is 2.66. The predicted molar refractivity (Wildman–Crippen MR) is 31.5 cm³/mol. The molecule has 0 saturated heterocycles. The van der Waals surface area contributed by atoms with Crippen LogP contribution < -0.4 is 0 Å². The molecule has 0 rings (SSSR count). The molecule has 0 spiro atoms. The molecule has 0 heterocycles. The fourth-order valence-corrected chi connectivity index (χ4v) is 0.297. The van der Waals surface area contributed by atoms with E-state index in [-0.39, 0.29) is 0 Å². The Morgan fingerprint density at radius 3 is 2.75 bits per heavy atom. The molecule has 0 N–H and O–H groups in total. The van der Waals surface area contributed by atoms with E-state index in [1.165, 1.54) is 0 Å². The van der Waals surface area contributed by atoms with Gasteiger partial charge in [0, 0.05) is 6.61 Å². The number of aldehydes is 1. The molecule has 8 heavy (non-hydrogen) atoms. The topological polar surface area (TPSA) is 26.3 Å². The zero-order valence-electron chi connectivity index (χ0n) is 5.31. The third-order valence-corrected chi connectivity index (χ3v) is 0.735. The van der Waals surface area contributed by atoms with Gasteiger partial charge in [0.2, 0.25) is 0 Å². The van der Waals surface area contributed by atoms with E-state index in [1.54, 1.807) is 6.92 Å². The lowest BCUT2D eigenvalue weighted by molar-refractivity contribution is -0.107. The second kappa shape index (κ2) is 4.78. The maximum atomic E-state index is 9.89. The molecule has 0 saturated carbocycles. The summed E-state index contributed by atoms with van der Waals surface area (Å²) in [5.74, 6) is 0.742. The Morgan fingerprint density at radius 1 is 1.75 bits per heavy atom. The van der Waals surface area contributed by atoms with Gasteiger partial charge in [0.1, 0.15) is 6.29 Å². The van der Waals surface area contributed by atoms with Crippen molar-refractivity contribution in [3.05, 3.63) is 5.92 Å². The molecule has 0 atom stereocenters. The normalized spacial score (nSPS) is 9.88. The van der Waals surface area contributed by atoms with E-state index in [9.17, 15) is 4.79 Å². The second-order valence-electron chi connectivity index (χ2n) is 1.60. The number of carbonyl (C=O) groups excluding carboxylic acids is 1. The summed E-state index contributed by atoms with van der Waals surface area (Å²) in [7, 11) is 0. The standard InChI is InChI=1S/C6H11O2/c1-3-8-5-6(2)4-7/h4H,3,5H2,1-2H3. The van der Waals surface area contributed by atoms with E-state index >= 15 is 0 Å². The van der Waals surface area contributed by atoms with Crippen molar-refractivity contribution in [2.24, 2.45) is 0 Å². The van der Waals surface area contributed by atoms with Crippen LogP contribution in [0.5, 0.6) is 0 Å². The van der Waals surface area contributed by atoms with Crippen LogP contribution in [0.15, 0.2) is 0 Å². The summed E-state index contributed by atoms with van der Waals surface area (Å²) in [6.45, 7) is 4.80. The largest absolute Gasteiger partial charge is 0.381 e. The van der Waals surface area contributed by atoms with E-state index in [0.29, 0.717) is 13.2 Å². The summed E-state index contributed by atoms with van der Waals surface area (Å²) < 4.78 is 4.92. The predicted octanol–water partition coefficient (Wildman–Crippen LogP) is 0.816. The molecule has 0 aromatic carbocycles. The molecule has 0 aromatic rings. The quantitative estimate of drug-likeness (QED) is 0.507. The van der Waals surface area contributed by atoms with Gasteiger partial charge in [-0.2, -0.15) is 0 Å². The Kier molecular flexibility index (Phi) is 4.56. The van der Waals surface area contributed by atoms with Crippen LogP contribution in [0.1, 0.15) is 13.8 Å². The Labute approximate surface area is 49.8 Å². The van der Waals surface area contributed by atoms with Crippen molar-refractivity contribution in [2.45, 2.75) is 13.8 Å². The monoisotopic (exact) mass is 115 g/mol. The highest BCUT2D eigenvalue weighted by molar-refractivity contribution is 5.67. The highest BCUT2D eigenvalue weighted by Gasteiger charge is 1.96. The third kappa shape index (κ3) is 3.81. The van der Waals surface area contributed by atoms with Gasteiger partial charge < -0.3 is 9.53 Å². The molecule has 47 valence electrons. The number of hydrogen-bond donors (Lipinski definition) is 0. The Hall–Kier alpha value is -0.370. The highest BCUT2D eigenvalue weighted by Crippen LogP contribution is 1.91. The van der Waals surface area contributed by atoms with Gasteiger partial charge in [-0.1, -0.05) is 0 Å². The first-order valence-electron chi connectivity index (χ1n) is 2.66. The number of ether oxygens (including phenoxy) is 1. The zero-order valence-corrected chi connectivity index (χ0v) is 5.31. The van der Waals surface area contributed by atoms with Crippen molar-refractivity contribution in [2.75, 3.05) is 13.2 Å². The van der Waals surface area contributed by atoms with Gasteiger partial charge in [-0.15, -0.1) is 0 Å². The van der Waals surface area contributed by atoms with E-state index in [2.05, 4.69) is 0 Å². The fourth-order valence-electron chi connectivity index (χ4n) is 0.297. The van der Waals surface area contributed by atoms with Gasteiger partial charge in [0.15, 0.2) is 0 Å². The van der Waals surface area contributed by atoms with Gasteiger partial charge >= 0.3 is 0 Å². The van der Waals surface area contributed by atoms with E-state index in [1.807, 2.05) is 6.92 Å². The summed E-state index contributed by atoms with van der Waals surface area (Å²) >= 11 is 0. The van der Waals surface area contributed by atoms with E-state index < -0.39 is 0 Å². The average molecular weight is 115 g/mol. The smallest absolute Gasteiger partial charge is 0.129 e. The van der Waals surface area contributed by atoms with Gasteiger partial charge in [-0.25, -0.2) is 0 Å². The van der Waals surface area contributed by atoms with Crippen molar-refractivity contribution in [3.8, 4) is 0 Å². The maximum absolute atomic E-state index is 9.89. The zero-order chi connectivity index (χ0) is 6.41. The summed E-state index contributed by atoms with van der Waals surface area (Å²) in [5.41, 5.74) is 0. The van der Waals surface area contributed by atoms with Crippen LogP contribution in [-0.4, -0.2) is 19.5 Å². The summed E-state index contributed by atoms with van der Waals surface area (Å²) in [4.78, 5) is 9.89. The minimum absolute atomic E-state index is 0.472. The minimum Gasteiger partial charge on any atom is -0.381 e. The van der Waals surface area contributed by atoms with Gasteiger partial charge in [0.25, 0.3) is 0 Å². The number of hydrogen-bond acceptors (Lipinski definition) is 2. The fraction of sp³-hybridized carbons (Fsp3) is 0.667. The van der Waals surface area contributed by atoms with Gasteiger partial charge in [0.05, 0.1) is 12.5 Å². The van der Waals surface area contributed by atoms with Crippen molar-refractivity contribution < 1.29 is 9.53 Å². The third-order valence-electron chi connectivity index (χ3n) is 0.735. The Bertz CT molecular complexity index is 61.5. The van der Waals surface area contributed by atoms with Crippen LogP contribution in [0.2, 0.25) is 0 Å². The SMILES string of the molecule is CCOC[C](C)C=O. The summed E-state index contributed by atoms with van der Waals surface area (Å²) in [6.07, 6.45) is 0.815. The van der Waals surface area contributed by atoms with E-state index in [4.69, 9.17) is 4.74 Å². The van der Waals surface area contributed by atoms with Crippen LogP contribution in [0.25, 0.3) is 0 Å². The molecule has 2 heteroatoms. The van der Waals surface area contributed by atoms with Crippen molar-refractivity contribution in [3.63, 3.8) is 0 Å². The first-order chi connectivity index (χ1) is 3.81. The summed E-state index contributed by atoms with van der Waals surface area (Å²) in [5, 5.41) is 0. The van der Waals surface area contributed by atoms with Crippen LogP contribution in [0.3, 0.4) is 0 Å². The molecular weight excluding hydrogens is 104 g/mol. The lowest BCUT2D eigenvalue weighted by Gasteiger charge is -1.99. The van der Waals surface area contributed by atoms with Crippen molar-refractivity contribution >= 4 is 6.29 Å². The van der Waals surface area contributed by atoms with Crippen LogP contribution in [-0.2, 0) is 9.53 Å². The van der Waals surface area contributed by atoms with Crippen LogP contribution in [0, 0.1) is 5.92 Å². The average Bonchev–Trinajstić information content (AvgIpc) is 1.83. The number of carbonyl (C=O) groups is 1. The van der Waals surface area contributed by atoms with E-state index in [0.717, 1.165) is 12.2 Å². The molecule has 0 aliphatic rings. The van der Waals surface area contributed by atoms with Crippen LogP contribution in [0.4, 0.5) is 0 Å². The first kappa shape index (κ1) is 7.63. The number of rotatable bonds is 4. The second-order valence-corrected chi connectivity index (χ2v) is 1.60. The van der Waals surface area contributed by atoms with Crippen molar-refractivity contribution in [1.29, 1.82) is 0 Å². The molecule has 1 radical (unpaired) electrons. The molecule has 0 aliphatic carbocycles. The molecule has 0 aromatic heterocycles. The van der Waals surface area contributed by atoms with Gasteiger partial charge in [-0.05, 0) is 13.8 Å². The lowest BCUT2D eigenvalue weighted by Crippen LogP contribution is -2.03. The minimum atomic E-state index is 0.472. The molecule has 2 nitrogen and oxygen atoms in total. The molecule has 0 bridgehead atoms. The lowest BCUT2D eigenvalue weighted by atomic mass is 10.2. The van der Waals surface area contributed by atoms with Gasteiger partial charge in [-0.3, -0.25) is 0 Å². The molecular formula is C6H11O2. The maximum Gasteiger partial charge on any atom is 0.129 e. The van der Waals surface area contributed by atoms with Crippen molar-refractivity contribution in [1.82, 2.24) is 0 Å². The molecule has 0 amide bonds. The molecule has 0 fully saturated rings. The molecule has 0 unspecified atom stereocenters. The Balaban J connectivity index is 2.98.